The number of hydrogen-bond donors (Lipinski definition) is 0. The van der Waals surface area contributed by atoms with Crippen molar-refractivity contribution in [2.24, 2.45) is 0 Å². The number of carbonyl (C=O) groups excluding carboxylic acids is 3. The smallest absolute Gasteiger partial charge is 0.306 e. The maximum absolute atomic E-state index is 12.8. The van der Waals surface area contributed by atoms with Gasteiger partial charge in [-0.05, 0) is 83.5 Å². The van der Waals surface area contributed by atoms with E-state index in [2.05, 4.69) is 81.5 Å². The van der Waals surface area contributed by atoms with Crippen molar-refractivity contribution in [1.82, 2.24) is 0 Å². The van der Waals surface area contributed by atoms with E-state index in [1.807, 2.05) is 0 Å². The molecule has 364 valence electrons. The Morgan fingerprint density at radius 3 is 1.02 bits per heavy atom. The highest BCUT2D eigenvalue weighted by Gasteiger charge is 2.19. The quantitative estimate of drug-likeness (QED) is 0.0262. The van der Waals surface area contributed by atoms with Crippen molar-refractivity contribution >= 4 is 17.9 Å². The summed E-state index contributed by atoms with van der Waals surface area (Å²) in [5.41, 5.74) is 0. The van der Waals surface area contributed by atoms with E-state index in [1.54, 1.807) is 0 Å². The van der Waals surface area contributed by atoms with Gasteiger partial charge in [0.05, 0.1) is 0 Å². The average Bonchev–Trinajstić information content (AvgIpc) is 3.28. The number of hydrogen-bond acceptors (Lipinski definition) is 6. The Morgan fingerprint density at radius 2 is 0.619 bits per heavy atom. The van der Waals surface area contributed by atoms with Crippen molar-refractivity contribution < 1.29 is 28.6 Å². The van der Waals surface area contributed by atoms with Crippen LogP contribution in [0.15, 0.2) is 60.8 Å². The topological polar surface area (TPSA) is 78.9 Å². The molecule has 0 radical (unpaired) electrons. The zero-order valence-electron chi connectivity index (χ0n) is 41.6. The van der Waals surface area contributed by atoms with Gasteiger partial charge in [0.25, 0.3) is 0 Å². The van der Waals surface area contributed by atoms with Crippen LogP contribution in [0.1, 0.15) is 265 Å². The van der Waals surface area contributed by atoms with Crippen LogP contribution in [0.25, 0.3) is 0 Å². The van der Waals surface area contributed by atoms with Gasteiger partial charge < -0.3 is 14.2 Å². The van der Waals surface area contributed by atoms with Crippen molar-refractivity contribution in [1.29, 1.82) is 0 Å². The molecule has 0 saturated heterocycles. The molecule has 0 unspecified atom stereocenters. The first-order valence-corrected chi connectivity index (χ1v) is 26.8. The summed E-state index contributed by atoms with van der Waals surface area (Å²) >= 11 is 0. The lowest BCUT2D eigenvalue weighted by molar-refractivity contribution is -0.167. The molecule has 0 amide bonds. The zero-order valence-corrected chi connectivity index (χ0v) is 41.6. The van der Waals surface area contributed by atoms with Crippen LogP contribution in [-0.4, -0.2) is 37.2 Å². The van der Waals surface area contributed by atoms with Crippen LogP contribution in [0.3, 0.4) is 0 Å². The van der Waals surface area contributed by atoms with Crippen LogP contribution in [0.4, 0.5) is 0 Å². The minimum Gasteiger partial charge on any atom is -0.462 e. The van der Waals surface area contributed by atoms with E-state index >= 15 is 0 Å². The molecule has 6 nitrogen and oxygen atoms in total. The molecule has 1 atom stereocenters. The van der Waals surface area contributed by atoms with Crippen LogP contribution in [0.5, 0.6) is 0 Å². The van der Waals surface area contributed by atoms with Crippen molar-refractivity contribution in [3.05, 3.63) is 60.8 Å². The monoisotopic (exact) mass is 881 g/mol. The van der Waals surface area contributed by atoms with Crippen molar-refractivity contribution in [2.45, 2.75) is 271 Å². The minimum absolute atomic E-state index is 0.0865. The Balaban J connectivity index is 4.36. The minimum atomic E-state index is -0.788. The standard InChI is InChI=1S/C57H100O6/c1-4-7-10-13-16-19-22-24-26-27-28-29-31-33-36-38-41-44-47-50-56(59)62-53-54(63-57(60)51-48-45-42-39-34-21-18-15-12-9-6-3)52-61-55(58)49-46-43-40-37-35-32-30-25-23-20-17-14-11-8-5-2/h8,11,17,20,24-26,30,35,37,54H,4-7,9-10,12-16,18-19,21-23,27-29,31-34,36,38-53H2,1-3H3/b11-8-,20-17-,26-24-,30-25-,37-35-/t54-/m1/s1. The van der Waals surface area contributed by atoms with E-state index in [9.17, 15) is 14.4 Å². The van der Waals surface area contributed by atoms with Gasteiger partial charge in [-0.15, -0.1) is 0 Å². The third-order valence-electron chi connectivity index (χ3n) is 11.5. The predicted molar refractivity (Wildman–Crippen MR) is 270 cm³/mol. The highest BCUT2D eigenvalue weighted by Crippen LogP contribution is 2.15. The number of carbonyl (C=O) groups is 3. The highest BCUT2D eigenvalue weighted by molar-refractivity contribution is 5.71. The van der Waals surface area contributed by atoms with Gasteiger partial charge in [-0.2, -0.15) is 0 Å². The van der Waals surface area contributed by atoms with Gasteiger partial charge in [0.1, 0.15) is 13.2 Å². The maximum atomic E-state index is 12.8. The SMILES string of the molecule is CC/C=C\C/C=C\C/C=C\C/C=C\CCCCC(=O)OC[C@H](COC(=O)CCCCCCCCCCC/C=C\CCCCCCCC)OC(=O)CCCCCCCCCCCCC. The highest BCUT2D eigenvalue weighted by atomic mass is 16.6. The molecule has 0 fully saturated rings. The fraction of sp³-hybridized carbons (Fsp3) is 0.772. The molecule has 0 aromatic carbocycles. The summed E-state index contributed by atoms with van der Waals surface area (Å²) in [6.45, 7) is 6.49. The number of allylic oxidation sites excluding steroid dienone is 10. The zero-order chi connectivity index (χ0) is 45.8. The molecule has 0 aromatic heterocycles. The molecule has 0 rings (SSSR count). The van der Waals surface area contributed by atoms with E-state index in [0.29, 0.717) is 19.3 Å². The molecule has 0 spiro atoms. The largest absolute Gasteiger partial charge is 0.462 e. The summed E-state index contributed by atoms with van der Waals surface area (Å²) in [7, 11) is 0. The molecule has 6 heteroatoms. The summed E-state index contributed by atoms with van der Waals surface area (Å²) in [5, 5.41) is 0. The first-order valence-electron chi connectivity index (χ1n) is 26.8. The second kappa shape index (κ2) is 51.7. The molecule has 0 saturated carbocycles. The molecule has 0 bridgehead atoms. The fourth-order valence-corrected chi connectivity index (χ4v) is 7.49. The third kappa shape index (κ3) is 50.0. The van der Waals surface area contributed by atoms with Crippen LogP contribution in [0.2, 0.25) is 0 Å². The lowest BCUT2D eigenvalue weighted by Gasteiger charge is -2.18. The van der Waals surface area contributed by atoms with Crippen molar-refractivity contribution in [3.63, 3.8) is 0 Å². The van der Waals surface area contributed by atoms with Gasteiger partial charge in [0, 0.05) is 19.3 Å². The first-order chi connectivity index (χ1) is 31.0. The van der Waals surface area contributed by atoms with E-state index in [-0.39, 0.29) is 31.1 Å². The van der Waals surface area contributed by atoms with E-state index in [4.69, 9.17) is 14.2 Å². The molecule has 63 heavy (non-hydrogen) atoms. The average molecular weight is 881 g/mol. The third-order valence-corrected chi connectivity index (χ3v) is 11.5. The predicted octanol–water partition coefficient (Wildman–Crippen LogP) is 17.6. The first kappa shape index (κ1) is 60.1. The summed E-state index contributed by atoms with van der Waals surface area (Å²) in [6.07, 6.45) is 63.5. The maximum Gasteiger partial charge on any atom is 0.306 e. The van der Waals surface area contributed by atoms with Crippen molar-refractivity contribution in [2.75, 3.05) is 13.2 Å². The molecule has 0 aliphatic carbocycles. The van der Waals surface area contributed by atoms with Gasteiger partial charge in [-0.3, -0.25) is 14.4 Å². The lowest BCUT2D eigenvalue weighted by Crippen LogP contribution is -2.30. The van der Waals surface area contributed by atoms with Gasteiger partial charge >= 0.3 is 17.9 Å². The molecule has 0 N–H and O–H groups in total. The van der Waals surface area contributed by atoms with E-state index in [1.165, 1.54) is 141 Å². The number of unbranched alkanes of at least 4 members (excludes halogenated alkanes) is 27. The Labute approximate surface area is 390 Å². The number of rotatable bonds is 48. The molecular weight excluding hydrogens is 781 g/mol. The second-order valence-electron chi connectivity index (χ2n) is 17.8. The molecule has 0 aliphatic rings. The van der Waals surface area contributed by atoms with Crippen molar-refractivity contribution in [3.8, 4) is 0 Å². The molecule has 0 aliphatic heterocycles. The lowest BCUT2D eigenvalue weighted by atomic mass is 10.1. The Kier molecular flexibility index (Phi) is 49.4. The van der Waals surface area contributed by atoms with Crippen LogP contribution in [0, 0.1) is 0 Å². The Bertz CT molecular complexity index is 1150. The number of esters is 3. The molecular formula is C57H100O6. The van der Waals surface area contributed by atoms with Gasteiger partial charge in [0.2, 0.25) is 0 Å². The summed E-state index contributed by atoms with van der Waals surface area (Å²) < 4.78 is 16.8. The molecule has 0 heterocycles. The van der Waals surface area contributed by atoms with E-state index in [0.717, 1.165) is 83.5 Å². The molecule has 0 aromatic rings. The second-order valence-corrected chi connectivity index (χ2v) is 17.8. The normalized spacial score (nSPS) is 12.5. The van der Waals surface area contributed by atoms with Gasteiger partial charge in [0.15, 0.2) is 6.10 Å². The Morgan fingerprint density at radius 1 is 0.333 bits per heavy atom. The van der Waals surface area contributed by atoms with Crippen LogP contribution < -0.4 is 0 Å². The van der Waals surface area contributed by atoms with Crippen LogP contribution in [-0.2, 0) is 28.6 Å². The van der Waals surface area contributed by atoms with Crippen LogP contribution >= 0.6 is 0 Å². The number of ether oxygens (including phenoxy) is 3. The van der Waals surface area contributed by atoms with Gasteiger partial charge in [-0.25, -0.2) is 0 Å². The fourth-order valence-electron chi connectivity index (χ4n) is 7.49. The van der Waals surface area contributed by atoms with Gasteiger partial charge in [-0.1, -0.05) is 223 Å². The Hall–Kier alpha value is -2.89. The summed E-state index contributed by atoms with van der Waals surface area (Å²) in [4.78, 5) is 38.0. The van der Waals surface area contributed by atoms with E-state index < -0.39 is 6.10 Å². The summed E-state index contributed by atoms with van der Waals surface area (Å²) in [5.74, 6) is -0.926. The summed E-state index contributed by atoms with van der Waals surface area (Å²) in [6, 6.07) is 0.